The van der Waals surface area contributed by atoms with Gasteiger partial charge in [-0.25, -0.2) is 0 Å². The highest BCUT2D eigenvalue weighted by Gasteiger charge is 2.35. The van der Waals surface area contributed by atoms with E-state index >= 15 is 0 Å². The third kappa shape index (κ3) is 2.26. The molecule has 0 amide bonds. The van der Waals surface area contributed by atoms with Crippen LogP contribution in [0.2, 0.25) is 0 Å². The Morgan fingerprint density at radius 1 is 1.36 bits per heavy atom. The molecule has 0 aliphatic carbocycles. The number of hydrogen-bond acceptors (Lipinski definition) is 3. The van der Waals surface area contributed by atoms with Crippen molar-refractivity contribution in [1.29, 1.82) is 5.26 Å². The van der Waals surface area contributed by atoms with Crippen molar-refractivity contribution in [3.05, 3.63) is 0 Å². The molecule has 1 rings (SSSR count). The van der Waals surface area contributed by atoms with Crippen LogP contribution in [0.4, 0.5) is 0 Å². The summed E-state index contributed by atoms with van der Waals surface area (Å²) in [5.74, 6) is 0. The van der Waals surface area contributed by atoms with Gasteiger partial charge in [-0.2, -0.15) is 5.26 Å². The lowest BCUT2D eigenvalue weighted by molar-refractivity contribution is 0.0315. The van der Waals surface area contributed by atoms with E-state index in [9.17, 15) is 5.26 Å². The van der Waals surface area contributed by atoms with Crippen molar-refractivity contribution in [3.8, 4) is 6.07 Å². The molecule has 0 N–H and O–H groups in total. The van der Waals surface area contributed by atoms with E-state index in [2.05, 4.69) is 17.9 Å². The average molecular weight is 196 g/mol. The molecule has 0 aromatic heterocycles. The molecular formula is C11H20N2O. The quantitative estimate of drug-likeness (QED) is 0.687. The summed E-state index contributed by atoms with van der Waals surface area (Å²) in [6.07, 6.45) is 4.58. The van der Waals surface area contributed by atoms with Gasteiger partial charge in [-0.3, -0.25) is 4.90 Å². The topological polar surface area (TPSA) is 36.3 Å². The molecule has 0 spiro atoms. The van der Waals surface area contributed by atoms with Crippen LogP contribution in [0, 0.1) is 11.3 Å². The molecular weight excluding hydrogens is 176 g/mol. The van der Waals surface area contributed by atoms with E-state index in [1.807, 2.05) is 0 Å². The number of nitrogens with zero attached hydrogens (tertiary/aromatic N) is 2. The second-order valence-corrected chi connectivity index (χ2v) is 3.98. The first-order valence-electron chi connectivity index (χ1n) is 5.44. The van der Waals surface area contributed by atoms with E-state index in [-0.39, 0.29) is 5.54 Å². The maximum Gasteiger partial charge on any atom is 0.132 e. The van der Waals surface area contributed by atoms with Gasteiger partial charge in [-0.1, -0.05) is 13.3 Å². The van der Waals surface area contributed by atoms with Gasteiger partial charge >= 0.3 is 0 Å². The van der Waals surface area contributed by atoms with E-state index in [1.165, 1.54) is 19.3 Å². The van der Waals surface area contributed by atoms with Crippen molar-refractivity contribution >= 4 is 0 Å². The molecule has 1 atom stereocenters. The molecule has 0 bridgehead atoms. The Morgan fingerprint density at radius 2 is 2.00 bits per heavy atom. The van der Waals surface area contributed by atoms with Gasteiger partial charge in [0.1, 0.15) is 5.54 Å². The van der Waals surface area contributed by atoms with Crippen molar-refractivity contribution < 1.29 is 4.74 Å². The van der Waals surface area contributed by atoms with Gasteiger partial charge in [0, 0.05) is 7.11 Å². The lowest BCUT2D eigenvalue weighted by Gasteiger charge is -2.39. The maximum absolute atomic E-state index is 9.29. The number of ether oxygens (including phenoxy) is 1. The Labute approximate surface area is 86.6 Å². The summed E-state index contributed by atoms with van der Waals surface area (Å²) in [7, 11) is 1.67. The first-order chi connectivity index (χ1) is 6.79. The summed E-state index contributed by atoms with van der Waals surface area (Å²) in [6.45, 7) is 4.69. The molecule has 1 heterocycles. The number of hydrogen-bond donors (Lipinski definition) is 0. The van der Waals surface area contributed by atoms with Crippen LogP contribution in [0.5, 0.6) is 0 Å². The van der Waals surface area contributed by atoms with Crippen molar-refractivity contribution in [3.63, 3.8) is 0 Å². The Kier molecular flexibility index (Phi) is 4.37. The van der Waals surface area contributed by atoms with E-state index in [0.717, 1.165) is 19.5 Å². The van der Waals surface area contributed by atoms with Crippen molar-refractivity contribution in [2.24, 2.45) is 0 Å². The second-order valence-electron chi connectivity index (χ2n) is 3.98. The van der Waals surface area contributed by atoms with Crippen molar-refractivity contribution in [2.75, 3.05) is 26.8 Å². The van der Waals surface area contributed by atoms with Crippen LogP contribution in [0.15, 0.2) is 0 Å². The Hall–Kier alpha value is -0.590. The Balaban J connectivity index is 2.69. The van der Waals surface area contributed by atoms with Crippen molar-refractivity contribution in [2.45, 2.75) is 38.1 Å². The van der Waals surface area contributed by atoms with Crippen LogP contribution in [-0.2, 0) is 4.74 Å². The van der Waals surface area contributed by atoms with Gasteiger partial charge in [-0.05, 0) is 32.4 Å². The van der Waals surface area contributed by atoms with Gasteiger partial charge < -0.3 is 4.74 Å². The first-order valence-corrected chi connectivity index (χ1v) is 5.44. The normalized spacial score (nSPS) is 22.6. The molecule has 1 aliphatic heterocycles. The zero-order valence-electron chi connectivity index (χ0n) is 9.25. The van der Waals surface area contributed by atoms with Gasteiger partial charge in [0.05, 0.1) is 12.7 Å². The third-order valence-electron chi connectivity index (χ3n) is 3.14. The van der Waals surface area contributed by atoms with Crippen LogP contribution in [0.3, 0.4) is 0 Å². The maximum atomic E-state index is 9.29. The summed E-state index contributed by atoms with van der Waals surface area (Å²) in [5.41, 5.74) is -0.380. The number of nitriles is 1. The van der Waals surface area contributed by atoms with E-state index in [0.29, 0.717) is 6.61 Å². The van der Waals surface area contributed by atoms with Crippen LogP contribution in [-0.4, -0.2) is 37.2 Å². The summed E-state index contributed by atoms with van der Waals surface area (Å²) in [5, 5.41) is 9.29. The SMILES string of the molecule is CCC(C#N)(COC)N1CCCCC1. The number of methoxy groups -OCH3 is 1. The van der Waals surface area contributed by atoms with Gasteiger partial charge in [0.25, 0.3) is 0 Å². The fraction of sp³-hybridized carbons (Fsp3) is 0.909. The molecule has 0 aromatic carbocycles. The molecule has 1 unspecified atom stereocenters. The Morgan fingerprint density at radius 3 is 2.43 bits per heavy atom. The molecule has 1 saturated heterocycles. The van der Waals surface area contributed by atoms with Crippen LogP contribution in [0.25, 0.3) is 0 Å². The second kappa shape index (κ2) is 5.33. The summed E-state index contributed by atoms with van der Waals surface area (Å²) in [6, 6.07) is 2.44. The predicted octanol–water partition coefficient (Wildman–Crippen LogP) is 1.79. The number of piperidine rings is 1. The third-order valence-corrected chi connectivity index (χ3v) is 3.14. The number of likely N-dealkylation sites (tertiary alicyclic amines) is 1. The number of rotatable bonds is 4. The lowest BCUT2D eigenvalue weighted by Crippen LogP contribution is -2.52. The van der Waals surface area contributed by atoms with Gasteiger partial charge in [0.2, 0.25) is 0 Å². The van der Waals surface area contributed by atoms with Crippen molar-refractivity contribution in [1.82, 2.24) is 4.90 Å². The minimum absolute atomic E-state index is 0.380. The molecule has 3 nitrogen and oxygen atoms in total. The molecule has 1 aliphatic rings. The van der Waals surface area contributed by atoms with Crippen LogP contribution in [0.1, 0.15) is 32.6 Å². The summed E-state index contributed by atoms with van der Waals surface area (Å²) < 4.78 is 5.18. The first kappa shape index (κ1) is 11.5. The smallest absolute Gasteiger partial charge is 0.132 e. The minimum atomic E-state index is -0.380. The van der Waals surface area contributed by atoms with Gasteiger partial charge in [0.15, 0.2) is 0 Å². The Bertz CT molecular complexity index is 206. The van der Waals surface area contributed by atoms with Crippen LogP contribution < -0.4 is 0 Å². The monoisotopic (exact) mass is 196 g/mol. The summed E-state index contributed by atoms with van der Waals surface area (Å²) in [4.78, 5) is 2.29. The zero-order chi connectivity index (χ0) is 10.4. The molecule has 14 heavy (non-hydrogen) atoms. The lowest BCUT2D eigenvalue weighted by atomic mass is 9.94. The molecule has 0 saturated carbocycles. The molecule has 80 valence electrons. The van der Waals surface area contributed by atoms with Crippen LogP contribution >= 0.6 is 0 Å². The standard InChI is InChI=1S/C11H20N2O/c1-3-11(9-12,10-14-2)13-7-5-4-6-8-13/h3-8,10H2,1-2H3. The fourth-order valence-corrected chi connectivity index (χ4v) is 2.16. The zero-order valence-corrected chi connectivity index (χ0v) is 9.25. The fourth-order valence-electron chi connectivity index (χ4n) is 2.16. The summed E-state index contributed by atoms with van der Waals surface area (Å²) >= 11 is 0. The highest BCUT2D eigenvalue weighted by molar-refractivity contribution is 5.08. The molecule has 0 aromatic rings. The van der Waals surface area contributed by atoms with Gasteiger partial charge in [-0.15, -0.1) is 0 Å². The highest BCUT2D eigenvalue weighted by Crippen LogP contribution is 2.24. The van der Waals surface area contributed by atoms with E-state index in [1.54, 1.807) is 7.11 Å². The predicted molar refractivity (Wildman–Crippen MR) is 55.9 cm³/mol. The minimum Gasteiger partial charge on any atom is -0.382 e. The highest BCUT2D eigenvalue weighted by atomic mass is 16.5. The van der Waals surface area contributed by atoms with E-state index < -0.39 is 0 Å². The average Bonchev–Trinajstić information content (AvgIpc) is 2.27. The molecule has 1 fully saturated rings. The molecule has 3 heteroatoms. The molecule has 0 radical (unpaired) electrons. The largest absolute Gasteiger partial charge is 0.382 e. The van der Waals surface area contributed by atoms with E-state index in [4.69, 9.17) is 4.74 Å².